The van der Waals surface area contributed by atoms with Gasteiger partial charge in [0.1, 0.15) is 12.0 Å². The van der Waals surface area contributed by atoms with Gasteiger partial charge in [0, 0.05) is 31.1 Å². The molecule has 0 bridgehead atoms. The third kappa shape index (κ3) is 3.60. The average molecular weight is 339 g/mol. The summed E-state index contributed by atoms with van der Waals surface area (Å²) in [5, 5.41) is 25.1. The third-order valence-electron chi connectivity index (χ3n) is 3.86. The highest BCUT2D eigenvalue weighted by atomic mass is 16.6. The highest BCUT2D eigenvalue weighted by molar-refractivity contribution is 5.77. The normalized spacial score (nSPS) is 11.9. The summed E-state index contributed by atoms with van der Waals surface area (Å²) in [4.78, 5) is 17.0. The maximum atomic E-state index is 11.1. The minimum Gasteiger partial charge on any atom is -0.358 e. The molecule has 2 aromatic heterocycles. The van der Waals surface area contributed by atoms with Crippen molar-refractivity contribution in [3.05, 3.63) is 58.5 Å². The van der Waals surface area contributed by atoms with Crippen molar-refractivity contribution in [1.82, 2.24) is 25.6 Å². The van der Waals surface area contributed by atoms with Crippen LogP contribution in [0.3, 0.4) is 0 Å². The van der Waals surface area contributed by atoms with E-state index in [1.165, 1.54) is 6.20 Å². The first-order chi connectivity index (χ1) is 12.1. The average Bonchev–Trinajstić information content (AvgIpc) is 3.16. The van der Waals surface area contributed by atoms with Gasteiger partial charge in [-0.15, -0.1) is 10.2 Å². The zero-order chi connectivity index (χ0) is 17.8. The van der Waals surface area contributed by atoms with Gasteiger partial charge >= 0.3 is 0 Å². The summed E-state index contributed by atoms with van der Waals surface area (Å²) in [6.07, 6.45) is 1.28. The molecular formula is C16H17N7O2. The topological polar surface area (TPSA) is 114 Å². The Morgan fingerprint density at radius 2 is 2.08 bits per heavy atom. The number of nitrogens with one attached hydrogen (secondary N) is 1. The highest BCUT2D eigenvalue weighted by Gasteiger charge is 2.19. The minimum atomic E-state index is -0.439. The first-order valence-corrected chi connectivity index (χ1v) is 7.70. The van der Waals surface area contributed by atoms with Crippen LogP contribution in [0.4, 0.5) is 11.5 Å². The Balaban J connectivity index is 1.95. The fourth-order valence-electron chi connectivity index (χ4n) is 2.64. The summed E-state index contributed by atoms with van der Waals surface area (Å²) in [5.41, 5.74) is 1.53. The number of tetrazole rings is 1. The number of likely N-dealkylation sites (N-methyl/N-ethyl adjacent to an activating group) is 1. The minimum absolute atomic E-state index is 0.0179. The van der Waals surface area contributed by atoms with E-state index in [1.54, 1.807) is 6.07 Å². The second kappa shape index (κ2) is 7.04. The van der Waals surface area contributed by atoms with Crippen molar-refractivity contribution in [3.63, 3.8) is 0 Å². The molecule has 0 radical (unpaired) electrons. The number of aromatic amines is 1. The molecule has 0 spiro atoms. The van der Waals surface area contributed by atoms with Crippen molar-refractivity contribution in [2.24, 2.45) is 0 Å². The molecular weight excluding hydrogens is 322 g/mol. The van der Waals surface area contributed by atoms with Gasteiger partial charge < -0.3 is 4.90 Å². The van der Waals surface area contributed by atoms with Crippen molar-refractivity contribution >= 4 is 11.5 Å². The van der Waals surface area contributed by atoms with E-state index in [4.69, 9.17) is 0 Å². The molecule has 1 aromatic carbocycles. The van der Waals surface area contributed by atoms with E-state index in [-0.39, 0.29) is 11.6 Å². The third-order valence-corrected chi connectivity index (χ3v) is 3.86. The van der Waals surface area contributed by atoms with Gasteiger partial charge in [0.15, 0.2) is 5.82 Å². The van der Waals surface area contributed by atoms with Crippen molar-refractivity contribution in [2.45, 2.75) is 12.8 Å². The summed E-state index contributed by atoms with van der Waals surface area (Å²) < 4.78 is 0. The van der Waals surface area contributed by atoms with Crippen LogP contribution in [-0.2, 0) is 0 Å². The summed E-state index contributed by atoms with van der Waals surface area (Å²) >= 11 is 0. The van der Waals surface area contributed by atoms with Gasteiger partial charge in [0.25, 0.3) is 5.69 Å². The van der Waals surface area contributed by atoms with Gasteiger partial charge in [-0.2, -0.15) is 5.21 Å². The zero-order valence-electron chi connectivity index (χ0n) is 13.8. The van der Waals surface area contributed by atoms with Gasteiger partial charge in [-0.1, -0.05) is 42.5 Å². The molecule has 0 aliphatic heterocycles. The largest absolute Gasteiger partial charge is 0.358 e. The van der Waals surface area contributed by atoms with Crippen LogP contribution in [0.2, 0.25) is 0 Å². The van der Waals surface area contributed by atoms with Crippen LogP contribution in [-0.4, -0.2) is 44.1 Å². The molecule has 0 fully saturated rings. The molecule has 0 amide bonds. The fraction of sp³-hybridized carbons (Fsp3) is 0.250. The molecule has 3 rings (SSSR count). The summed E-state index contributed by atoms with van der Waals surface area (Å²) in [7, 11) is 1.89. The monoisotopic (exact) mass is 339 g/mol. The standard InChI is InChI=1S/C16H17N7O2/c1-11(15-18-20-21-19-15)10-22(2)16-14(12-6-4-3-5-7-12)8-13(9-17-16)23(24)25/h3-9,11H,10H2,1-2H3,(H,18,19,20,21). The van der Waals surface area contributed by atoms with Crippen LogP contribution in [0.25, 0.3) is 11.1 Å². The molecule has 3 aromatic rings. The number of pyridine rings is 1. The van der Waals surface area contributed by atoms with E-state index >= 15 is 0 Å². The Morgan fingerprint density at radius 1 is 1.32 bits per heavy atom. The van der Waals surface area contributed by atoms with Crippen molar-refractivity contribution < 1.29 is 4.92 Å². The van der Waals surface area contributed by atoms with Crippen LogP contribution >= 0.6 is 0 Å². The molecule has 1 unspecified atom stereocenters. The number of aromatic nitrogens is 5. The number of nitrogens with zero attached hydrogens (tertiary/aromatic N) is 6. The number of hydrogen-bond donors (Lipinski definition) is 1. The SMILES string of the molecule is CC(CN(C)c1ncc([N+](=O)[O-])cc1-c1ccccc1)c1nn[nH]n1. The molecule has 2 heterocycles. The van der Waals surface area contributed by atoms with E-state index in [2.05, 4.69) is 25.6 Å². The number of anilines is 1. The maximum Gasteiger partial charge on any atom is 0.288 e. The van der Waals surface area contributed by atoms with E-state index in [0.29, 0.717) is 23.8 Å². The van der Waals surface area contributed by atoms with Crippen molar-refractivity contribution in [2.75, 3.05) is 18.5 Å². The van der Waals surface area contributed by atoms with Gasteiger partial charge in [0.05, 0.1) is 4.92 Å². The molecule has 1 N–H and O–H groups in total. The smallest absolute Gasteiger partial charge is 0.288 e. The summed E-state index contributed by atoms with van der Waals surface area (Å²) in [6, 6.07) is 11.0. The van der Waals surface area contributed by atoms with Crippen molar-refractivity contribution in [3.8, 4) is 11.1 Å². The summed E-state index contributed by atoms with van der Waals surface area (Å²) in [6.45, 7) is 2.57. The molecule has 1 atom stereocenters. The van der Waals surface area contributed by atoms with Gasteiger partial charge in [0.2, 0.25) is 0 Å². The van der Waals surface area contributed by atoms with Gasteiger partial charge in [-0.05, 0) is 5.56 Å². The van der Waals surface area contributed by atoms with Crippen LogP contribution in [0.5, 0.6) is 0 Å². The Morgan fingerprint density at radius 3 is 2.72 bits per heavy atom. The number of nitro groups is 1. The molecule has 0 aliphatic carbocycles. The quantitative estimate of drug-likeness (QED) is 0.542. The Labute approximate surface area is 143 Å². The molecule has 9 nitrogen and oxygen atoms in total. The Kier molecular flexibility index (Phi) is 4.64. The van der Waals surface area contributed by atoms with Gasteiger partial charge in [-0.3, -0.25) is 10.1 Å². The van der Waals surface area contributed by atoms with E-state index in [1.807, 2.05) is 49.2 Å². The number of H-pyrrole nitrogens is 1. The number of benzene rings is 1. The lowest BCUT2D eigenvalue weighted by atomic mass is 10.0. The molecule has 0 saturated heterocycles. The lowest BCUT2D eigenvalue weighted by Gasteiger charge is -2.23. The van der Waals surface area contributed by atoms with Crippen LogP contribution < -0.4 is 4.90 Å². The molecule has 0 saturated carbocycles. The highest BCUT2D eigenvalue weighted by Crippen LogP contribution is 2.32. The van der Waals surface area contributed by atoms with Crippen LogP contribution in [0.1, 0.15) is 18.7 Å². The first kappa shape index (κ1) is 16.5. The lowest BCUT2D eigenvalue weighted by molar-refractivity contribution is -0.385. The van der Waals surface area contributed by atoms with Crippen molar-refractivity contribution in [1.29, 1.82) is 0 Å². The molecule has 25 heavy (non-hydrogen) atoms. The van der Waals surface area contributed by atoms with E-state index < -0.39 is 4.92 Å². The maximum absolute atomic E-state index is 11.1. The Bertz CT molecular complexity index is 852. The molecule has 128 valence electrons. The van der Waals surface area contributed by atoms with E-state index in [0.717, 1.165) is 5.56 Å². The number of hydrogen-bond acceptors (Lipinski definition) is 7. The van der Waals surface area contributed by atoms with Gasteiger partial charge in [-0.25, -0.2) is 4.98 Å². The molecule has 0 aliphatic rings. The second-order valence-electron chi connectivity index (χ2n) is 5.74. The van der Waals surface area contributed by atoms with E-state index in [9.17, 15) is 10.1 Å². The van der Waals surface area contributed by atoms with Crippen LogP contribution in [0, 0.1) is 10.1 Å². The second-order valence-corrected chi connectivity index (χ2v) is 5.74. The lowest BCUT2D eigenvalue weighted by Crippen LogP contribution is -2.25. The molecule has 9 heteroatoms. The van der Waals surface area contributed by atoms with Crippen LogP contribution in [0.15, 0.2) is 42.6 Å². The first-order valence-electron chi connectivity index (χ1n) is 7.70. The Hall–Kier alpha value is -3.36. The predicted molar refractivity (Wildman–Crippen MR) is 92.2 cm³/mol. The fourth-order valence-corrected chi connectivity index (χ4v) is 2.64. The predicted octanol–water partition coefficient (Wildman–Crippen LogP) is 2.41. The number of rotatable bonds is 6. The zero-order valence-corrected chi connectivity index (χ0v) is 13.8. The summed E-state index contributed by atoms with van der Waals surface area (Å²) in [5.74, 6) is 1.28.